The summed E-state index contributed by atoms with van der Waals surface area (Å²) in [6.45, 7) is 5.01. The van der Waals surface area contributed by atoms with Crippen molar-refractivity contribution < 1.29 is 19.4 Å². The van der Waals surface area contributed by atoms with Crippen molar-refractivity contribution in [3.05, 3.63) is 52.1 Å². The quantitative estimate of drug-likeness (QED) is 0.638. The molecule has 0 spiro atoms. The summed E-state index contributed by atoms with van der Waals surface area (Å²) in [5.41, 5.74) is 8.01. The zero-order valence-electron chi connectivity index (χ0n) is 17.9. The maximum Gasteiger partial charge on any atom is 0.337 e. The maximum absolute atomic E-state index is 12.3. The number of hydrogen-bond donors (Lipinski definition) is 1. The Morgan fingerprint density at radius 1 is 1.23 bits per heavy atom. The number of carboxylic acids is 1. The van der Waals surface area contributed by atoms with E-state index in [4.69, 9.17) is 9.47 Å². The van der Waals surface area contributed by atoms with Crippen molar-refractivity contribution in [2.45, 2.75) is 76.9 Å². The van der Waals surface area contributed by atoms with E-state index in [2.05, 4.69) is 31.2 Å². The van der Waals surface area contributed by atoms with E-state index in [1.54, 1.807) is 0 Å². The minimum atomic E-state index is -0.914. The van der Waals surface area contributed by atoms with Gasteiger partial charge >= 0.3 is 5.97 Å². The number of ether oxygens (including phenoxy) is 2. The van der Waals surface area contributed by atoms with Crippen LogP contribution in [0.5, 0.6) is 5.75 Å². The summed E-state index contributed by atoms with van der Waals surface area (Å²) in [5, 5.41) is 10.1. The highest BCUT2D eigenvalue weighted by Crippen LogP contribution is 2.50. The first-order chi connectivity index (χ1) is 14.6. The molecule has 1 unspecified atom stereocenters. The molecule has 0 bridgehead atoms. The fraction of sp³-hybridized carbons (Fsp3) is 0.500. The molecule has 0 saturated heterocycles. The van der Waals surface area contributed by atoms with Crippen LogP contribution in [0.25, 0.3) is 11.1 Å². The Hall–Kier alpha value is -2.33. The summed E-state index contributed by atoms with van der Waals surface area (Å²) in [6.07, 6.45) is 6.41. The first-order valence-electron chi connectivity index (χ1n) is 11.4. The van der Waals surface area contributed by atoms with Crippen LogP contribution >= 0.6 is 0 Å². The molecule has 0 radical (unpaired) electrons. The molecular formula is C26H30O4. The Morgan fingerprint density at radius 3 is 2.70 bits per heavy atom. The van der Waals surface area contributed by atoms with Gasteiger partial charge in [-0.25, -0.2) is 4.79 Å². The molecule has 5 rings (SSSR count). The highest BCUT2D eigenvalue weighted by Gasteiger charge is 2.37. The molecule has 158 valence electrons. The van der Waals surface area contributed by atoms with Crippen molar-refractivity contribution in [3.63, 3.8) is 0 Å². The second-order valence-corrected chi connectivity index (χ2v) is 9.01. The van der Waals surface area contributed by atoms with Crippen molar-refractivity contribution >= 4 is 5.97 Å². The van der Waals surface area contributed by atoms with E-state index in [0.29, 0.717) is 5.92 Å². The molecule has 0 aromatic heterocycles. The van der Waals surface area contributed by atoms with Crippen LogP contribution in [0.15, 0.2) is 24.3 Å². The zero-order chi connectivity index (χ0) is 20.8. The fourth-order valence-corrected chi connectivity index (χ4v) is 4.86. The van der Waals surface area contributed by atoms with Gasteiger partial charge in [0.1, 0.15) is 5.75 Å². The molecular weight excluding hydrogens is 376 g/mol. The number of benzene rings is 2. The molecule has 4 heteroatoms. The lowest BCUT2D eigenvalue weighted by Crippen LogP contribution is -2.20. The number of aryl methyl sites for hydroxylation is 3. The normalized spacial score (nSPS) is 19.1. The highest BCUT2D eigenvalue weighted by molar-refractivity contribution is 5.84. The molecule has 2 aromatic carbocycles. The topological polar surface area (TPSA) is 55.8 Å². The second-order valence-electron chi connectivity index (χ2n) is 9.01. The average Bonchev–Trinajstić information content (AvgIpc) is 3.65. The molecule has 2 aromatic rings. The van der Waals surface area contributed by atoms with Crippen LogP contribution in [0, 0.1) is 6.92 Å². The molecule has 4 nitrogen and oxygen atoms in total. The standard InChI is InChI=1S/C26H30O4/c1-3-16-13-15(2)22(25(26(27)28)30-20-9-10-20)24(23(16)17-6-7-17)19-8-11-21-18(14-19)5-4-12-29-21/h8,11,13-14,17,20,25H,3-7,9-10,12H2,1-2H3,(H,27,28). The molecule has 3 aliphatic rings. The van der Waals surface area contributed by atoms with E-state index in [1.807, 2.05) is 6.92 Å². The van der Waals surface area contributed by atoms with Gasteiger partial charge in [0.05, 0.1) is 12.7 Å². The first kappa shape index (κ1) is 19.6. The van der Waals surface area contributed by atoms with Crippen LogP contribution in [0.3, 0.4) is 0 Å². The monoisotopic (exact) mass is 406 g/mol. The van der Waals surface area contributed by atoms with Gasteiger partial charge in [0.25, 0.3) is 0 Å². The van der Waals surface area contributed by atoms with Gasteiger partial charge in [0.2, 0.25) is 0 Å². The molecule has 30 heavy (non-hydrogen) atoms. The molecule has 2 fully saturated rings. The van der Waals surface area contributed by atoms with Crippen LogP contribution in [-0.2, 0) is 22.4 Å². The SMILES string of the molecule is CCc1cc(C)c(C(OC2CC2)C(=O)O)c(-c2ccc3c(c2)CCCO3)c1C1CC1. The molecule has 1 heterocycles. The van der Waals surface area contributed by atoms with Gasteiger partial charge in [0.15, 0.2) is 6.10 Å². The van der Waals surface area contributed by atoms with Crippen molar-refractivity contribution in [3.8, 4) is 16.9 Å². The zero-order valence-corrected chi connectivity index (χ0v) is 17.9. The Kier molecular flexibility index (Phi) is 5.06. The van der Waals surface area contributed by atoms with Gasteiger partial charge in [-0.2, -0.15) is 0 Å². The summed E-state index contributed by atoms with van der Waals surface area (Å²) in [6, 6.07) is 8.62. The summed E-state index contributed by atoms with van der Waals surface area (Å²) >= 11 is 0. The fourth-order valence-electron chi connectivity index (χ4n) is 4.86. The van der Waals surface area contributed by atoms with Gasteiger partial charge in [-0.05, 0) is 103 Å². The Morgan fingerprint density at radius 2 is 2.03 bits per heavy atom. The van der Waals surface area contributed by atoms with Crippen LogP contribution in [0.1, 0.15) is 78.9 Å². The number of fused-ring (bicyclic) bond motifs is 1. The lowest BCUT2D eigenvalue weighted by Gasteiger charge is -2.26. The summed E-state index contributed by atoms with van der Waals surface area (Å²) < 4.78 is 11.9. The van der Waals surface area contributed by atoms with Gasteiger partial charge in [-0.3, -0.25) is 0 Å². The molecule has 1 atom stereocenters. The smallest absolute Gasteiger partial charge is 0.337 e. The predicted octanol–water partition coefficient (Wildman–Crippen LogP) is 5.73. The predicted molar refractivity (Wildman–Crippen MR) is 116 cm³/mol. The Balaban J connectivity index is 1.74. The van der Waals surface area contributed by atoms with Gasteiger partial charge in [-0.1, -0.05) is 19.1 Å². The second kappa shape index (κ2) is 7.73. The van der Waals surface area contributed by atoms with Crippen molar-refractivity contribution in [2.24, 2.45) is 0 Å². The van der Waals surface area contributed by atoms with E-state index >= 15 is 0 Å². The van der Waals surface area contributed by atoms with Gasteiger partial charge < -0.3 is 14.6 Å². The highest BCUT2D eigenvalue weighted by atomic mass is 16.5. The maximum atomic E-state index is 12.3. The number of carbonyl (C=O) groups is 1. The number of aliphatic carboxylic acids is 1. The molecule has 1 aliphatic heterocycles. The Bertz CT molecular complexity index is 985. The van der Waals surface area contributed by atoms with Crippen LogP contribution < -0.4 is 4.74 Å². The average molecular weight is 407 g/mol. The number of hydrogen-bond acceptors (Lipinski definition) is 3. The third kappa shape index (κ3) is 3.62. The molecule has 1 N–H and O–H groups in total. The van der Waals surface area contributed by atoms with E-state index in [0.717, 1.165) is 66.7 Å². The van der Waals surface area contributed by atoms with Crippen molar-refractivity contribution in [1.29, 1.82) is 0 Å². The third-order valence-electron chi connectivity index (χ3n) is 6.60. The van der Waals surface area contributed by atoms with E-state index in [1.165, 1.54) is 29.5 Å². The molecule has 2 aliphatic carbocycles. The largest absolute Gasteiger partial charge is 0.493 e. The van der Waals surface area contributed by atoms with Gasteiger partial charge in [0, 0.05) is 5.56 Å². The summed E-state index contributed by atoms with van der Waals surface area (Å²) in [4.78, 5) is 12.3. The third-order valence-corrected chi connectivity index (χ3v) is 6.60. The van der Waals surface area contributed by atoms with Crippen molar-refractivity contribution in [1.82, 2.24) is 0 Å². The summed E-state index contributed by atoms with van der Waals surface area (Å²) in [7, 11) is 0. The minimum Gasteiger partial charge on any atom is -0.493 e. The number of carboxylic acid groups (broad SMARTS) is 1. The van der Waals surface area contributed by atoms with Crippen LogP contribution in [0.2, 0.25) is 0 Å². The van der Waals surface area contributed by atoms with E-state index in [9.17, 15) is 9.90 Å². The van der Waals surface area contributed by atoms with Crippen LogP contribution in [0.4, 0.5) is 0 Å². The van der Waals surface area contributed by atoms with Crippen LogP contribution in [-0.4, -0.2) is 23.8 Å². The lowest BCUT2D eigenvalue weighted by atomic mass is 9.82. The molecule has 2 saturated carbocycles. The Labute approximate surface area is 178 Å². The minimum absolute atomic E-state index is 0.0745. The first-order valence-corrected chi connectivity index (χ1v) is 11.4. The van der Waals surface area contributed by atoms with E-state index < -0.39 is 12.1 Å². The lowest BCUT2D eigenvalue weighted by molar-refractivity contribution is -0.151. The molecule has 0 amide bonds. The number of rotatable bonds is 7. The summed E-state index contributed by atoms with van der Waals surface area (Å²) in [5.74, 6) is 0.599. The van der Waals surface area contributed by atoms with Gasteiger partial charge in [-0.15, -0.1) is 0 Å². The van der Waals surface area contributed by atoms with Crippen molar-refractivity contribution in [2.75, 3.05) is 6.61 Å². The van der Waals surface area contributed by atoms with E-state index in [-0.39, 0.29) is 6.10 Å².